The fraction of sp³-hybridized carbons (Fsp3) is 0.538. The van der Waals surface area contributed by atoms with E-state index >= 15 is 0 Å². The highest BCUT2D eigenvalue weighted by Gasteiger charge is 2.09. The predicted molar refractivity (Wildman–Crippen MR) is 131 cm³/mol. The van der Waals surface area contributed by atoms with E-state index in [-0.39, 0.29) is 0 Å². The van der Waals surface area contributed by atoms with E-state index in [1.54, 1.807) is 13.0 Å². The van der Waals surface area contributed by atoms with Crippen molar-refractivity contribution in [2.24, 2.45) is 5.16 Å². The highest BCUT2D eigenvalue weighted by molar-refractivity contribution is 5.95. The van der Waals surface area contributed by atoms with Crippen molar-refractivity contribution in [2.45, 2.75) is 66.2 Å². The van der Waals surface area contributed by atoms with E-state index in [1.807, 2.05) is 31.2 Å². The lowest BCUT2D eigenvalue weighted by molar-refractivity contribution is 0.212. The molecule has 0 spiro atoms. The minimum atomic E-state index is 0.482. The van der Waals surface area contributed by atoms with Crippen molar-refractivity contribution in [3.63, 3.8) is 0 Å². The maximum absolute atomic E-state index is 6.05. The maximum Gasteiger partial charge on any atom is 0.254 e. The molecule has 0 bridgehead atoms. The van der Waals surface area contributed by atoms with Crippen LogP contribution in [0.25, 0.3) is 0 Å². The largest absolute Gasteiger partial charge is 0.493 e. The summed E-state index contributed by atoms with van der Waals surface area (Å²) in [6.07, 6.45) is 10.7. The lowest BCUT2D eigenvalue weighted by Crippen LogP contribution is -2.02. The lowest BCUT2D eigenvalue weighted by atomic mass is 10.1. The van der Waals surface area contributed by atoms with E-state index in [2.05, 4.69) is 24.2 Å². The van der Waals surface area contributed by atoms with Gasteiger partial charge in [0.1, 0.15) is 30.9 Å². The second-order valence-corrected chi connectivity index (χ2v) is 7.97. The van der Waals surface area contributed by atoms with E-state index in [0.717, 1.165) is 54.9 Å². The molecule has 0 saturated heterocycles. The molecule has 1 aromatic heterocycles. The van der Waals surface area contributed by atoms with Gasteiger partial charge >= 0.3 is 0 Å². The first-order valence-electron chi connectivity index (χ1n) is 11.7. The number of rotatable bonds is 16. The van der Waals surface area contributed by atoms with Crippen LogP contribution in [-0.2, 0) is 4.84 Å². The summed E-state index contributed by atoms with van der Waals surface area (Å²) in [4.78, 5) is 4.72. The van der Waals surface area contributed by atoms with Gasteiger partial charge in [-0.05, 0) is 69.0 Å². The molecule has 0 amide bonds. The van der Waals surface area contributed by atoms with Crippen LogP contribution in [0.4, 0.5) is 0 Å². The van der Waals surface area contributed by atoms with Crippen LogP contribution in [0.5, 0.6) is 17.4 Å². The number of hydrogen-bond donors (Lipinski definition) is 0. The first-order chi connectivity index (χ1) is 16.0. The second-order valence-electron chi connectivity index (χ2n) is 7.97. The number of oxime groups is 1. The van der Waals surface area contributed by atoms with E-state index in [0.29, 0.717) is 30.6 Å². The van der Waals surface area contributed by atoms with E-state index in [1.165, 1.54) is 20.0 Å². The number of hydrogen-bond acceptors (Lipinski definition) is 7. The van der Waals surface area contributed by atoms with Crippen LogP contribution < -0.4 is 14.2 Å². The molecule has 0 unspecified atom stereocenters. The van der Waals surface area contributed by atoms with Gasteiger partial charge in [-0.25, -0.2) is 0 Å². The second kappa shape index (κ2) is 15.0. The molecule has 0 atom stereocenters. The van der Waals surface area contributed by atoms with Crippen molar-refractivity contribution >= 4 is 5.71 Å². The quantitative estimate of drug-likeness (QED) is 0.125. The zero-order valence-corrected chi connectivity index (χ0v) is 20.7. The number of allylic oxidation sites excluding steroid dienone is 1. The van der Waals surface area contributed by atoms with Crippen LogP contribution in [-0.4, -0.2) is 37.8 Å². The zero-order chi connectivity index (χ0) is 23.9. The average molecular weight is 459 g/mol. The van der Waals surface area contributed by atoms with Gasteiger partial charge < -0.3 is 23.6 Å². The van der Waals surface area contributed by atoms with E-state index in [9.17, 15) is 0 Å². The number of ether oxygens (including phenoxy) is 3. The third-order valence-electron chi connectivity index (χ3n) is 5.12. The summed E-state index contributed by atoms with van der Waals surface area (Å²) in [5.74, 6) is 2.90. The first-order valence-corrected chi connectivity index (χ1v) is 11.7. The van der Waals surface area contributed by atoms with Crippen molar-refractivity contribution in [3.05, 3.63) is 47.2 Å². The fourth-order valence-corrected chi connectivity index (χ4v) is 3.40. The summed E-state index contributed by atoms with van der Waals surface area (Å²) < 4.78 is 22.6. The molecule has 182 valence electrons. The van der Waals surface area contributed by atoms with E-state index < -0.39 is 0 Å². The van der Waals surface area contributed by atoms with Crippen LogP contribution in [0.1, 0.15) is 69.3 Å². The molecule has 7 heteroatoms. The topological polar surface area (TPSA) is 75.3 Å². The molecule has 2 aromatic rings. The summed E-state index contributed by atoms with van der Waals surface area (Å²) in [5, 5.41) is 7.70. The number of unbranched alkanes of at least 4 members (excludes halogenated alkanes) is 5. The molecule has 1 heterocycles. The van der Waals surface area contributed by atoms with Gasteiger partial charge in [-0.1, -0.05) is 43.0 Å². The third-order valence-corrected chi connectivity index (χ3v) is 5.12. The highest BCUT2D eigenvalue weighted by Crippen LogP contribution is 2.28. The molecule has 0 aliphatic rings. The monoisotopic (exact) mass is 458 g/mol. The molecule has 33 heavy (non-hydrogen) atoms. The number of aryl methyl sites for hydroxylation is 2. The van der Waals surface area contributed by atoms with Crippen molar-refractivity contribution < 1.29 is 23.6 Å². The molecular weight excluding hydrogens is 420 g/mol. The molecule has 1 aromatic carbocycles. The molecule has 0 saturated carbocycles. The molecular formula is C26H38N2O5. The van der Waals surface area contributed by atoms with Crippen molar-refractivity contribution in [3.8, 4) is 17.4 Å². The Bertz CT molecular complexity index is 866. The van der Waals surface area contributed by atoms with Crippen LogP contribution >= 0.6 is 0 Å². The molecule has 2 rings (SSSR count). The first kappa shape index (κ1) is 26.3. The molecule has 7 nitrogen and oxygen atoms in total. The van der Waals surface area contributed by atoms with Gasteiger partial charge in [-0.3, -0.25) is 0 Å². The SMILES string of the molecule is C/C=C/COc1cc(C)c(OCCCCCCCCOc2cc(C(C)=NOC)on2)c(C)c1. The molecule has 0 aliphatic heterocycles. The Morgan fingerprint density at radius 1 is 0.939 bits per heavy atom. The van der Waals surface area contributed by atoms with Gasteiger partial charge in [0.2, 0.25) is 0 Å². The van der Waals surface area contributed by atoms with Crippen LogP contribution in [0.15, 0.2) is 40.0 Å². The van der Waals surface area contributed by atoms with Gasteiger partial charge in [0.15, 0.2) is 5.76 Å². The maximum atomic E-state index is 6.05. The van der Waals surface area contributed by atoms with Gasteiger partial charge in [-0.2, -0.15) is 0 Å². The Morgan fingerprint density at radius 2 is 1.58 bits per heavy atom. The minimum absolute atomic E-state index is 0.482. The summed E-state index contributed by atoms with van der Waals surface area (Å²) in [6.45, 7) is 9.88. The lowest BCUT2D eigenvalue weighted by Gasteiger charge is -2.14. The average Bonchev–Trinajstić information content (AvgIpc) is 3.26. The van der Waals surface area contributed by atoms with Crippen molar-refractivity contribution in [2.75, 3.05) is 26.9 Å². The van der Waals surface area contributed by atoms with Gasteiger partial charge in [0.25, 0.3) is 5.88 Å². The Balaban J connectivity index is 1.54. The fourth-order valence-electron chi connectivity index (χ4n) is 3.40. The third kappa shape index (κ3) is 9.60. The predicted octanol–water partition coefficient (Wildman–Crippen LogP) is 6.42. The van der Waals surface area contributed by atoms with Crippen LogP contribution in [0.3, 0.4) is 0 Å². The summed E-state index contributed by atoms with van der Waals surface area (Å²) in [6, 6.07) is 5.82. The molecule has 0 aliphatic carbocycles. The Kier molecular flexibility index (Phi) is 11.9. The van der Waals surface area contributed by atoms with Gasteiger partial charge in [0, 0.05) is 0 Å². The number of benzene rings is 1. The van der Waals surface area contributed by atoms with Crippen molar-refractivity contribution in [1.29, 1.82) is 0 Å². The minimum Gasteiger partial charge on any atom is -0.493 e. The normalized spacial score (nSPS) is 11.7. The van der Waals surface area contributed by atoms with Crippen LogP contribution in [0.2, 0.25) is 0 Å². The van der Waals surface area contributed by atoms with Crippen LogP contribution in [0, 0.1) is 13.8 Å². The zero-order valence-electron chi connectivity index (χ0n) is 20.7. The highest BCUT2D eigenvalue weighted by atomic mass is 16.6. The summed E-state index contributed by atoms with van der Waals surface area (Å²) in [7, 11) is 1.49. The Morgan fingerprint density at radius 3 is 2.21 bits per heavy atom. The van der Waals surface area contributed by atoms with Gasteiger partial charge in [-0.15, -0.1) is 0 Å². The summed E-state index contributed by atoms with van der Waals surface area (Å²) in [5.41, 5.74) is 2.86. The smallest absolute Gasteiger partial charge is 0.254 e. The van der Waals surface area contributed by atoms with Crippen molar-refractivity contribution in [1.82, 2.24) is 5.16 Å². The van der Waals surface area contributed by atoms with E-state index in [4.69, 9.17) is 23.6 Å². The standard InChI is InChI=1S/C26H38N2O5/c1-6-7-14-30-23-17-20(2)26(21(3)18-23)32-16-13-11-9-8-10-12-15-31-25-19-24(33-28-25)22(4)27-29-5/h6-7,17-19H,8-16H2,1-5H3/b7-6+,27-22?. The molecule has 0 radical (unpaired) electrons. The number of nitrogens with zero attached hydrogens (tertiary/aromatic N) is 2. The number of aromatic nitrogens is 1. The summed E-state index contributed by atoms with van der Waals surface area (Å²) >= 11 is 0. The Labute approximate surface area is 197 Å². The molecule has 0 N–H and O–H groups in total. The molecule has 0 fully saturated rings. The Hall–Kier alpha value is -2.96. The van der Waals surface area contributed by atoms with Gasteiger partial charge in [0.05, 0.1) is 19.3 Å².